The van der Waals surface area contributed by atoms with Gasteiger partial charge in [0, 0.05) is 69.4 Å². The fraction of sp³-hybridized carbons (Fsp3) is 0.0377. The summed E-state index contributed by atoms with van der Waals surface area (Å²) in [6.45, 7) is 4.14. The van der Waals surface area contributed by atoms with Crippen LogP contribution in [-0.4, -0.2) is 33.5 Å². The van der Waals surface area contributed by atoms with E-state index >= 15 is 0 Å². The molecule has 0 amide bonds. The first-order valence-electron chi connectivity index (χ1n) is 21.3. The van der Waals surface area contributed by atoms with E-state index in [9.17, 15) is 37.5 Å². The number of hydrogen-bond acceptors (Lipinski definition) is 6. The summed E-state index contributed by atoms with van der Waals surface area (Å²) in [5.74, 6) is 0. The van der Waals surface area contributed by atoms with Gasteiger partial charge in [-0.1, -0.05) is 71.8 Å². The number of nitrogens with zero attached hydrogens (tertiary/aromatic N) is 5. The van der Waals surface area contributed by atoms with Crippen molar-refractivity contribution < 1.29 is 31.7 Å². The van der Waals surface area contributed by atoms with E-state index in [1.165, 1.54) is 24.3 Å². The van der Waals surface area contributed by atoms with Crippen LogP contribution in [0.1, 0.15) is 44.5 Å². The molecule has 10 nitrogen and oxygen atoms in total. The van der Waals surface area contributed by atoms with Gasteiger partial charge in [0.1, 0.15) is 0 Å². The lowest BCUT2D eigenvalue weighted by Gasteiger charge is -2.18. The highest BCUT2D eigenvalue weighted by molar-refractivity contribution is 6.50. The van der Waals surface area contributed by atoms with Crippen molar-refractivity contribution >= 4 is 52.3 Å². The zero-order valence-electron chi connectivity index (χ0n) is 36.3. The number of fused-ring (bicyclic) bond motifs is 6. The number of H-pyrrole nitrogens is 1. The monoisotopic (exact) mass is 908 g/mol. The van der Waals surface area contributed by atoms with Crippen molar-refractivity contribution in [3.63, 3.8) is 0 Å². The smallest absolute Gasteiger partial charge is 0.418 e. The van der Waals surface area contributed by atoms with Crippen molar-refractivity contribution in [2.24, 2.45) is 9.98 Å². The number of nitro groups is 2. The normalized spacial score (nSPS) is 14.1. The van der Waals surface area contributed by atoms with Crippen LogP contribution in [0.3, 0.4) is 0 Å². The molecule has 0 saturated carbocycles. The van der Waals surface area contributed by atoms with Crippen molar-refractivity contribution in [2.75, 3.05) is 0 Å². The Balaban J connectivity index is 0.00000110. The zero-order valence-corrected chi connectivity index (χ0v) is 36.3. The van der Waals surface area contributed by atoms with Crippen LogP contribution in [0.5, 0.6) is 0 Å². The lowest BCUT2D eigenvalue weighted by atomic mass is 9.87. The summed E-state index contributed by atoms with van der Waals surface area (Å²) in [5.41, 5.74) is 14.5. The lowest BCUT2D eigenvalue weighted by Crippen LogP contribution is -2.32. The number of para-hydroxylation sites is 1. The Morgan fingerprint density at radius 3 is 1.24 bits per heavy atom. The van der Waals surface area contributed by atoms with Crippen molar-refractivity contribution in [1.82, 2.24) is 4.98 Å². The maximum atomic E-state index is 11.8. The number of rotatable bonds is 7. The first-order chi connectivity index (χ1) is 32.7. The fourth-order valence-electron chi connectivity index (χ4n) is 8.45. The maximum absolute atomic E-state index is 11.8. The van der Waals surface area contributed by atoms with Crippen LogP contribution in [0.2, 0.25) is 0 Å². The highest BCUT2D eigenvalue weighted by atomic mass is 19.5. The van der Waals surface area contributed by atoms with Crippen LogP contribution in [0.15, 0.2) is 204 Å². The van der Waals surface area contributed by atoms with Gasteiger partial charge >= 0.3 is 7.25 Å². The van der Waals surface area contributed by atoms with Crippen molar-refractivity contribution in [3.8, 4) is 5.69 Å². The molecular formula is C53H37BF4N6O4. The summed E-state index contributed by atoms with van der Waals surface area (Å²) in [6.07, 6.45) is 12.2. The third kappa shape index (κ3) is 9.18. The molecule has 5 aromatic carbocycles. The molecule has 1 N–H and O–H groups in total. The Kier molecular flexibility index (Phi) is 11.9. The molecular weight excluding hydrogens is 871 g/mol. The first kappa shape index (κ1) is 44.4. The van der Waals surface area contributed by atoms with Gasteiger partial charge in [-0.3, -0.25) is 20.2 Å². The quantitative estimate of drug-likeness (QED) is 0.0561. The third-order valence-electron chi connectivity index (χ3n) is 11.5. The van der Waals surface area contributed by atoms with Gasteiger partial charge in [0.05, 0.1) is 43.8 Å². The Labute approximate surface area is 386 Å². The number of benzene rings is 5. The fourth-order valence-corrected chi connectivity index (χ4v) is 8.45. The molecule has 68 heavy (non-hydrogen) atoms. The Bertz CT molecular complexity index is 3280. The van der Waals surface area contributed by atoms with Gasteiger partial charge in [0.25, 0.3) is 11.4 Å². The molecule has 15 heteroatoms. The van der Waals surface area contributed by atoms with E-state index in [0.717, 1.165) is 83.9 Å². The van der Waals surface area contributed by atoms with Crippen LogP contribution in [-0.2, 0) is 0 Å². The van der Waals surface area contributed by atoms with Gasteiger partial charge in [0.15, 0.2) is 12.4 Å². The number of aromatic amines is 1. The number of halogens is 4. The SMILES string of the molecule is Cc1ccc(C2=C3C=CC(=N3)C(c3ccc([N+](=O)[O-])cc3)=c3ccc([nH]3)=C(c3ccc([N+](=O)[O-])cc3)C3=NC(=C(c4ccc(C)cc4)c4cccc2c4-[n+]2ccccc2)C=C3)cc1.F[B-](F)(F)F. The molecule has 3 aliphatic heterocycles. The number of aliphatic imine (C=N–C) groups is 2. The summed E-state index contributed by atoms with van der Waals surface area (Å²) in [5, 5.41) is 25.0. The summed E-state index contributed by atoms with van der Waals surface area (Å²) >= 11 is 0. The molecule has 0 atom stereocenters. The minimum absolute atomic E-state index is 0.0228. The second-order valence-electron chi connectivity index (χ2n) is 16.0. The van der Waals surface area contributed by atoms with E-state index in [-0.39, 0.29) is 11.4 Å². The zero-order chi connectivity index (χ0) is 47.7. The summed E-state index contributed by atoms with van der Waals surface area (Å²) in [7, 11) is -6.00. The summed E-state index contributed by atoms with van der Waals surface area (Å²) in [6, 6.07) is 46.3. The first-order valence-corrected chi connectivity index (χ1v) is 21.3. The second-order valence-corrected chi connectivity index (χ2v) is 16.0. The summed E-state index contributed by atoms with van der Waals surface area (Å²) in [4.78, 5) is 37.3. The predicted octanol–water partition coefficient (Wildman–Crippen LogP) is 10.7. The van der Waals surface area contributed by atoms with E-state index in [1.807, 2.05) is 54.6 Å². The number of allylic oxidation sites excluding steroid dienone is 4. The van der Waals surface area contributed by atoms with Crippen molar-refractivity contribution in [2.45, 2.75) is 13.8 Å². The number of hydrogen-bond donors (Lipinski definition) is 1. The van der Waals surface area contributed by atoms with Crippen molar-refractivity contribution in [3.05, 3.63) is 269 Å². The molecule has 10 rings (SSSR count). The molecule has 0 saturated heterocycles. The van der Waals surface area contributed by atoms with Gasteiger partial charge in [-0.15, -0.1) is 0 Å². The van der Waals surface area contributed by atoms with E-state index in [4.69, 9.17) is 9.98 Å². The van der Waals surface area contributed by atoms with E-state index in [1.54, 1.807) is 24.3 Å². The number of pyridine rings is 1. The molecule has 3 aliphatic rings. The third-order valence-corrected chi connectivity index (χ3v) is 11.5. The molecule has 2 aromatic heterocycles. The second kappa shape index (κ2) is 18.2. The Hall–Kier alpha value is -8.85. The average molecular weight is 909 g/mol. The van der Waals surface area contributed by atoms with Crippen LogP contribution < -0.4 is 15.3 Å². The number of non-ortho nitro benzene ring substituents is 2. The lowest BCUT2D eigenvalue weighted by molar-refractivity contribution is -0.596. The molecule has 0 aliphatic carbocycles. The van der Waals surface area contributed by atoms with Crippen LogP contribution in [0.25, 0.3) is 28.0 Å². The number of nitrogens with one attached hydrogen (secondary N) is 1. The van der Waals surface area contributed by atoms with Gasteiger partial charge in [0.2, 0.25) is 5.69 Å². The van der Waals surface area contributed by atoms with E-state index in [0.29, 0.717) is 22.1 Å². The van der Waals surface area contributed by atoms with E-state index in [2.05, 4.69) is 103 Å². The Morgan fingerprint density at radius 2 is 0.853 bits per heavy atom. The minimum Gasteiger partial charge on any atom is -0.418 e. The summed E-state index contributed by atoms with van der Waals surface area (Å²) < 4.78 is 41.1. The molecule has 0 unspecified atom stereocenters. The highest BCUT2D eigenvalue weighted by Gasteiger charge is 2.30. The van der Waals surface area contributed by atoms with Gasteiger partial charge < -0.3 is 22.2 Å². The van der Waals surface area contributed by atoms with Gasteiger partial charge in [-0.05, 0) is 109 Å². The maximum Gasteiger partial charge on any atom is 0.673 e. The average Bonchev–Trinajstić information content (AvgIpc) is 4.12. The van der Waals surface area contributed by atoms with Crippen LogP contribution in [0.4, 0.5) is 28.6 Å². The Morgan fingerprint density at radius 1 is 0.485 bits per heavy atom. The van der Waals surface area contributed by atoms with Gasteiger partial charge in [-0.2, -0.15) is 4.57 Å². The van der Waals surface area contributed by atoms with E-state index < -0.39 is 17.1 Å². The van der Waals surface area contributed by atoms with Gasteiger partial charge in [-0.25, -0.2) is 9.98 Å². The standard InChI is InChI=1S/C53H37N6O4.BF4/c1-33-9-13-35(14-10-33)49-41-7-6-8-42(53(41)57-31-4-3-5-32-57)50(36-15-11-34(2)12-16-36)44-26-28-46(55-44)52(38-19-23-40(24-20-38)59(62)63)48-30-29-47(56-48)51(45-27-25-43(49)54-45)37-17-21-39(22-18-37)58(60)61;2-1(3,4)5/h3-32,56H,1-2H3;/q+1;-1. The van der Waals surface area contributed by atoms with Crippen LogP contribution >= 0.6 is 0 Å². The molecule has 0 radical (unpaired) electrons. The highest BCUT2D eigenvalue weighted by Crippen LogP contribution is 2.40. The largest absolute Gasteiger partial charge is 0.673 e. The predicted molar refractivity (Wildman–Crippen MR) is 257 cm³/mol. The molecule has 0 spiro atoms. The number of aryl methyl sites for hydroxylation is 2. The minimum atomic E-state index is -6.00. The molecule has 7 aromatic rings. The molecule has 0 fully saturated rings. The molecule has 8 bridgehead atoms. The number of nitro benzene ring substituents is 2. The topological polar surface area (TPSA) is 131 Å². The number of aromatic nitrogens is 2. The van der Waals surface area contributed by atoms with Crippen LogP contribution in [0, 0.1) is 34.1 Å². The molecule has 5 heterocycles. The van der Waals surface area contributed by atoms with Crippen molar-refractivity contribution in [1.29, 1.82) is 0 Å². The molecule has 334 valence electrons.